The number of hydrogen-bond acceptors (Lipinski definition) is 7. The van der Waals surface area contributed by atoms with E-state index in [9.17, 15) is 4.79 Å². The zero-order valence-electron chi connectivity index (χ0n) is 19.3. The summed E-state index contributed by atoms with van der Waals surface area (Å²) in [6.07, 6.45) is 1.88. The molecule has 0 radical (unpaired) electrons. The fourth-order valence-electron chi connectivity index (χ4n) is 4.14. The number of furan rings is 1. The van der Waals surface area contributed by atoms with Gasteiger partial charge in [-0.25, -0.2) is 9.99 Å². The molecule has 4 aromatic rings. The number of pyridine rings is 1. The number of rotatable bonds is 6. The Hall–Kier alpha value is -4.04. The molecule has 0 fully saturated rings. The van der Waals surface area contributed by atoms with Crippen LogP contribution in [0.4, 0.5) is 0 Å². The van der Waals surface area contributed by atoms with Gasteiger partial charge in [0.1, 0.15) is 10.9 Å². The van der Waals surface area contributed by atoms with Crippen LogP contribution in [0.1, 0.15) is 34.1 Å². The van der Waals surface area contributed by atoms with Crippen molar-refractivity contribution in [3.63, 3.8) is 0 Å². The number of amides is 1. The summed E-state index contributed by atoms with van der Waals surface area (Å²) in [6, 6.07) is 15.8. The minimum atomic E-state index is -0.484. The number of methoxy groups -OCH3 is 3. The van der Waals surface area contributed by atoms with Crippen molar-refractivity contribution < 1.29 is 23.4 Å². The predicted molar refractivity (Wildman–Crippen MR) is 132 cm³/mol. The van der Waals surface area contributed by atoms with Crippen LogP contribution in [0.2, 0.25) is 5.15 Å². The highest BCUT2D eigenvalue weighted by atomic mass is 35.5. The first-order valence-corrected chi connectivity index (χ1v) is 11.2. The maximum Gasteiger partial charge on any atom is 0.310 e. The molecule has 1 unspecified atom stereocenters. The van der Waals surface area contributed by atoms with Gasteiger partial charge >= 0.3 is 5.91 Å². The lowest BCUT2D eigenvalue weighted by Gasteiger charge is -2.22. The van der Waals surface area contributed by atoms with E-state index in [1.54, 1.807) is 39.5 Å². The average Bonchev–Trinajstić information content (AvgIpc) is 3.58. The highest BCUT2D eigenvalue weighted by Gasteiger charge is 2.36. The molecule has 178 valence electrons. The summed E-state index contributed by atoms with van der Waals surface area (Å²) >= 11 is 6.65. The van der Waals surface area contributed by atoms with Crippen molar-refractivity contribution in [3.8, 4) is 17.2 Å². The SMILES string of the molecule is COc1ccc2cc(C3CC(c4ccc(OC)c(OC)c4)=NN3C(=O)c3ccco3)c(Cl)nc2c1. The van der Waals surface area contributed by atoms with Gasteiger partial charge in [-0.2, -0.15) is 5.10 Å². The second-order valence-corrected chi connectivity index (χ2v) is 8.25. The van der Waals surface area contributed by atoms with E-state index in [4.69, 9.17) is 30.2 Å². The number of carbonyl (C=O) groups is 1. The first-order valence-electron chi connectivity index (χ1n) is 10.8. The Balaban J connectivity index is 1.58. The first kappa shape index (κ1) is 22.7. The third kappa shape index (κ3) is 4.17. The summed E-state index contributed by atoms with van der Waals surface area (Å²) < 4.78 is 21.5. The Morgan fingerprint density at radius 1 is 1.03 bits per heavy atom. The summed E-state index contributed by atoms with van der Waals surface area (Å²) in [4.78, 5) is 17.9. The molecule has 2 aromatic carbocycles. The maximum atomic E-state index is 13.4. The lowest BCUT2D eigenvalue weighted by molar-refractivity contribution is 0.0678. The van der Waals surface area contributed by atoms with Crippen LogP contribution in [0.5, 0.6) is 17.2 Å². The summed E-state index contributed by atoms with van der Waals surface area (Å²) in [5.41, 5.74) is 2.88. The molecule has 0 spiro atoms. The van der Waals surface area contributed by atoms with Crippen molar-refractivity contribution in [2.75, 3.05) is 21.3 Å². The van der Waals surface area contributed by atoms with Gasteiger partial charge in [0.25, 0.3) is 0 Å². The topological polar surface area (TPSA) is 86.4 Å². The fourth-order valence-corrected chi connectivity index (χ4v) is 4.42. The van der Waals surface area contributed by atoms with Crippen LogP contribution in [0.15, 0.2) is 70.4 Å². The second kappa shape index (κ2) is 9.31. The van der Waals surface area contributed by atoms with Gasteiger partial charge in [-0.3, -0.25) is 4.79 Å². The Bertz CT molecular complexity index is 1430. The standard InChI is InChI=1S/C26H22ClN3O5/c1-32-17-8-6-15-11-18(25(27)28-19(15)13-17)21-14-20(16-7-9-22(33-2)24(12-16)34-3)29-30(21)26(31)23-5-4-10-35-23/h4-13,21H,14H2,1-3H3. The lowest BCUT2D eigenvalue weighted by Crippen LogP contribution is -2.27. The maximum absolute atomic E-state index is 13.4. The van der Waals surface area contributed by atoms with Crippen LogP contribution in [0, 0.1) is 0 Å². The molecular weight excluding hydrogens is 470 g/mol. The van der Waals surface area contributed by atoms with Gasteiger partial charge in [0, 0.05) is 29.0 Å². The van der Waals surface area contributed by atoms with Crippen LogP contribution in [-0.4, -0.2) is 42.9 Å². The normalized spacial score (nSPS) is 15.3. The molecule has 3 heterocycles. The molecule has 0 aliphatic carbocycles. The van der Waals surface area contributed by atoms with Crippen LogP contribution in [0.3, 0.4) is 0 Å². The molecule has 0 bridgehead atoms. The zero-order valence-corrected chi connectivity index (χ0v) is 20.1. The minimum absolute atomic E-state index is 0.182. The van der Waals surface area contributed by atoms with E-state index in [1.165, 1.54) is 11.3 Å². The molecular formula is C26H22ClN3O5. The van der Waals surface area contributed by atoms with Crippen LogP contribution in [-0.2, 0) is 0 Å². The number of halogens is 1. The minimum Gasteiger partial charge on any atom is -0.497 e. The van der Waals surface area contributed by atoms with Crippen LogP contribution >= 0.6 is 11.6 Å². The molecule has 1 aliphatic heterocycles. The van der Waals surface area contributed by atoms with E-state index in [0.717, 1.165) is 10.9 Å². The van der Waals surface area contributed by atoms with E-state index in [0.29, 0.717) is 40.5 Å². The summed E-state index contributed by atoms with van der Waals surface area (Å²) in [5.74, 6) is 1.66. The lowest BCUT2D eigenvalue weighted by atomic mass is 9.98. The Labute approximate surface area is 206 Å². The molecule has 1 aliphatic rings. The molecule has 5 rings (SSSR count). The van der Waals surface area contributed by atoms with Crippen LogP contribution in [0.25, 0.3) is 10.9 Å². The number of hydrogen-bond donors (Lipinski definition) is 0. The number of aromatic nitrogens is 1. The number of carbonyl (C=O) groups excluding carboxylic acids is 1. The van der Waals surface area contributed by atoms with Gasteiger partial charge in [-0.1, -0.05) is 11.6 Å². The highest BCUT2D eigenvalue weighted by Crippen LogP contribution is 2.39. The van der Waals surface area contributed by atoms with Crippen molar-refractivity contribution >= 4 is 34.1 Å². The van der Waals surface area contributed by atoms with Crippen LogP contribution < -0.4 is 14.2 Å². The summed E-state index contributed by atoms with van der Waals surface area (Å²) in [7, 11) is 4.75. The van der Waals surface area contributed by atoms with Crippen molar-refractivity contribution in [2.45, 2.75) is 12.5 Å². The number of ether oxygens (including phenoxy) is 3. The molecule has 0 N–H and O–H groups in total. The molecule has 35 heavy (non-hydrogen) atoms. The molecule has 0 saturated carbocycles. The smallest absolute Gasteiger partial charge is 0.310 e. The van der Waals surface area contributed by atoms with E-state index in [1.807, 2.05) is 36.4 Å². The average molecular weight is 492 g/mol. The molecule has 1 atom stereocenters. The Kier molecular flexibility index (Phi) is 6.05. The van der Waals surface area contributed by atoms with Gasteiger partial charge in [0.05, 0.1) is 44.9 Å². The van der Waals surface area contributed by atoms with E-state index >= 15 is 0 Å². The summed E-state index contributed by atoms with van der Waals surface area (Å²) in [6.45, 7) is 0. The number of hydrazone groups is 1. The van der Waals surface area contributed by atoms with E-state index in [2.05, 4.69) is 10.1 Å². The predicted octanol–water partition coefficient (Wildman–Crippen LogP) is 5.50. The second-order valence-electron chi connectivity index (χ2n) is 7.89. The van der Waals surface area contributed by atoms with Gasteiger partial charge in [-0.05, 0) is 48.5 Å². The summed E-state index contributed by atoms with van der Waals surface area (Å²) in [5, 5.41) is 7.25. The van der Waals surface area contributed by atoms with Gasteiger partial charge in [-0.15, -0.1) is 0 Å². The quantitative estimate of drug-likeness (QED) is 0.331. The fraction of sp³-hybridized carbons (Fsp3) is 0.192. The largest absolute Gasteiger partial charge is 0.497 e. The van der Waals surface area contributed by atoms with Gasteiger partial charge in [0.15, 0.2) is 17.3 Å². The van der Waals surface area contributed by atoms with E-state index in [-0.39, 0.29) is 16.8 Å². The highest BCUT2D eigenvalue weighted by molar-refractivity contribution is 6.30. The number of fused-ring (bicyclic) bond motifs is 1. The van der Waals surface area contributed by atoms with Crippen molar-refractivity contribution in [3.05, 3.63) is 82.9 Å². The Morgan fingerprint density at radius 3 is 2.57 bits per heavy atom. The van der Waals surface area contributed by atoms with Crippen molar-refractivity contribution in [1.29, 1.82) is 0 Å². The number of nitrogens with zero attached hydrogens (tertiary/aromatic N) is 3. The van der Waals surface area contributed by atoms with Crippen molar-refractivity contribution in [2.24, 2.45) is 5.10 Å². The molecule has 0 saturated heterocycles. The molecule has 8 nitrogen and oxygen atoms in total. The Morgan fingerprint density at radius 2 is 1.86 bits per heavy atom. The molecule has 9 heteroatoms. The first-order chi connectivity index (χ1) is 17.0. The molecule has 2 aromatic heterocycles. The third-order valence-corrected chi connectivity index (χ3v) is 6.23. The van der Waals surface area contributed by atoms with Gasteiger partial charge < -0.3 is 18.6 Å². The third-order valence-electron chi connectivity index (χ3n) is 5.93. The monoisotopic (exact) mass is 491 g/mol. The van der Waals surface area contributed by atoms with E-state index < -0.39 is 6.04 Å². The van der Waals surface area contributed by atoms with Crippen molar-refractivity contribution in [1.82, 2.24) is 9.99 Å². The zero-order chi connectivity index (χ0) is 24.5. The number of benzene rings is 2. The molecule has 1 amide bonds. The van der Waals surface area contributed by atoms with Gasteiger partial charge in [0.2, 0.25) is 0 Å².